The van der Waals surface area contributed by atoms with Crippen LogP contribution in [0.25, 0.3) is 0 Å². The van der Waals surface area contributed by atoms with E-state index in [0.717, 1.165) is 6.07 Å². The van der Waals surface area contributed by atoms with Crippen molar-refractivity contribution in [1.29, 1.82) is 0 Å². The number of benzene rings is 2. The van der Waals surface area contributed by atoms with Crippen LogP contribution in [0.2, 0.25) is 0 Å². The number of nitrogens with one attached hydrogen (secondary N) is 1. The Morgan fingerprint density at radius 1 is 1.24 bits per heavy atom. The number of halogens is 2. The molecule has 0 atom stereocenters. The summed E-state index contributed by atoms with van der Waals surface area (Å²) in [4.78, 5) is 12.2. The fourth-order valence-electron chi connectivity index (χ4n) is 1.86. The van der Waals surface area contributed by atoms with Gasteiger partial charge in [-0.3, -0.25) is 4.79 Å². The van der Waals surface area contributed by atoms with Crippen LogP contribution in [0.15, 0.2) is 30.3 Å². The fraction of sp³-hybridized carbons (Fsp3) is 0.133. The van der Waals surface area contributed by atoms with E-state index in [2.05, 4.69) is 5.32 Å². The zero-order valence-corrected chi connectivity index (χ0v) is 11.5. The molecule has 110 valence electrons. The normalized spacial score (nSPS) is 10.3. The highest BCUT2D eigenvalue weighted by Crippen LogP contribution is 2.25. The molecule has 0 aromatic heterocycles. The van der Waals surface area contributed by atoms with Gasteiger partial charge in [0, 0.05) is 5.69 Å². The maximum absolute atomic E-state index is 13.9. The third-order valence-electron chi connectivity index (χ3n) is 2.99. The molecule has 0 fully saturated rings. The summed E-state index contributed by atoms with van der Waals surface area (Å²) in [7, 11) is 1.39. The van der Waals surface area contributed by atoms with Crippen molar-refractivity contribution in [3.63, 3.8) is 0 Å². The number of nitrogens with two attached hydrogens (primary N) is 1. The number of anilines is 2. The first-order chi connectivity index (χ1) is 9.93. The van der Waals surface area contributed by atoms with Crippen molar-refractivity contribution in [2.45, 2.75) is 6.92 Å². The highest BCUT2D eigenvalue weighted by molar-refractivity contribution is 6.06. The van der Waals surface area contributed by atoms with Gasteiger partial charge in [-0.15, -0.1) is 0 Å². The summed E-state index contributed by atoms with van der Waals surface area (Å²) in [5.74, 6) is -2.11. The molecule has 0 unspecified atom stereocenters. The SMILES string of the molecule is COc1ccc(N)cc1C(=O)Nc1c(F)ccc(C)c1F. The van der Waals surface area contributed by atoms with Crippen LogP contribution in [0.1, 0.15) is 15.9 Å². The number of rotatable bonds is 3. The Labute approximate surface area is 120 Å². The summed E-state index contributed by atoms with van der Waals surface area (Å²) in [6.45, 7) is 1.48. The van der Waals surface area contributed by atoms with Crippen molar-refractivity contribution in [2.75, 3.05) is 18.2 Å². The van der Waals surface area contributed by atoms with Crippen molar-refractivity contribution in [3.05, 3.63) is 53.1 Å². The van der Waals surface area contributed by atoms with Gasteiger partial charge in [-0.05, 0) is 36.8 Å². The van der Waals surface area contributed by atoms with Crippen molar-refractivity contribution in [3.8, 4) is 5.75 Å². The lowest BCUT2D eigenvalue weighted by Gasteiger charge is -2.12. The van der Waals surface area contributed by atoms with Gasteiger partial charge in [-0.1, -0.05) is 6.07 Å². The topological polar surface area (TPSA) is 64.3 Å². The number of aryl methyl sites for hydroxylation is 1. The zero-order valence-electron chi connectivity index (χ0n) is 11.5. The molecule has 3 N–H and O–H groups in total. The summed E-state index contributed by atoms with van der Waals surface area (Å²) in [5.41, 5.74) is 5.78. The van der Waals surface area contributed by atoms with Crippen molar-refractivity contribution in [2.24, 2.45) is 0 Å². The lowest BCUT2D eigenvalue weighted by atomic mass is 10.1. The van der Waals surface area contributed by atoms with Gasteiger partial charge in [-0.25, -0.2) is 8.78 Å². The summed E-state index contributed by atoms with van der Waals surface area (Å²) < 4.78 is 32.6. The first kappa shape index (κ1) is 14.8. The molecule has 0 bridgehead atoms. The average Bonchev–Trinajstić information content (AvgIpc) is 2.47. The Kier molecular flexibility index (Phi) is 4.07. The third kappa shape index (κ3) is 2.94. The molecule has 0 saturated carbocycles. The molecule has 4 nitrogen and oxygen atoms in total. The molecule has 0 aliphatic heterocycles. The highest BCUT2D eigenvalue weighted by Gasteiger charge is 2.18. The van der Waals surface area contributed by atoms with Gasteiger partial charge in [-0.2, -0.15) is 0 Å². The summed E-state index contributed by atoms with van der Waals surface area (Å²) in [6.07, 6.45) is 0. The fourth-order valence-corrected chi connectivity index (χ4v) is 1.86. The van der Waals surface area contributed by atoms with Crippen LogP contribution >= 0.6 is 0 Å². The van der Waals surface area contributed by atoms with E-state index < -0.39 is 23.2 Å². The molecule has 0 aliphatic carbocycles. The van der Waals surface area contributed by atoms with Crippen LogP contribution in [0.3, 0.4) is 0 Å². The predicted octanol–water partition coefficient (Wildman–Crippen LogP) is 3.12. The molecule has 0 radical (unpaired) electrons. The minimum Gasteiger partial charge on any atom is -0.496 e. The van der Waals surface area contributed by atoms with E-state index >= 15 is 0 Å². The van der Waals surface area contributed by atoms with E-state index in [1.807, 2.05) is 0 Å². The Hall–Kier alpha value is -2.63. The number of hydrogen-bond acceptors (Lipinski definition) is 3. The Bertz CT molecular complexity index is 702. The molecule has 1 amide bonds. The second kappa shape index (κ2) is 5.78. The van der Waals surface area contributed by atoms with E-state index in [4.69, 9.17) is 10.5 Å². The zero-order chi connectivity index (χ0) is 15.6. The number of amides is 1. The van der Waals surface area contributed by atoms with Gasteiger partial charge in [0.05, 0.1) is 12.7 Å². The molecule has 0 spiro atoms. The van der Waals surface area contributed by atoms with E-state index in [1.54, 1.807) is 6.07 Å². The Morgan fingerprint density at radius 3 is 2.62 bits per heavy atom. The average molecular weight is 292 g/mol. The van der Waals surface area contributed by atoms with Gasteiger partial charge in [0.15, 0.2) is 5.82 Å². The van der Waals surface area contributed by atoms with E-state index in [-0.39, 0.29) is 16.9 Å². The monoisotopic (exact) mass is 292 g/mol. The third-order valence-corrected chi connectivity index (χ3v) is 2.99. The summed E-state index contributed by atoms with van der Waals surface area (Å²) in [6, 6.07) is 6.82. The molecule has 0 heterocycles. The maximum Gasteiger partial charge on any atom is 0.259 e. The van der Waals surface area contributed by atoms with Gasteiger partial charge < -0.3 is 15.8 Å². The van der Waals surface area contributed by atoms with Gasteiger partial charge in [0.1, 0.15) is 17.3 Å². The van der Waals surface area contributed by atoms with Crippen molar-refractivity contribution >= 4 is 17.3 Å². The molecule has 2 aromatic carbocycles. The van der Waals surface area contributed by atoms with Crippen LogP contribution in [-0.4, -0.2) is 13.0 Å². The van der Waals surface area contributed by atoms with Crippen LogP contribution in [-0.2, 0) is 0 Å². The number of ether oxygens (including phenoxy) is 1. The molecule has 0 saturated heterocycles. The van der Waals surface area contributed by atoms with Gasteiger partial charge >= 0.3 is 0 Å². The van der Waals surface area contributed by atoms with Crippen LogP contribution in [0.4, 0.5) is 20.2 Å². The van der Waals surface area contributed by atoms with Gasteiger partial charge in [0.25, 0.3) is 5.91 Å². The lowest BCUT2D eigenvalue weighted by molar-refractivity contribution is 0.102. The first-order valence-electron chi connectivity index (χ1n) is 6.13. The van der Waals surface area contributed by atoms with E-state index in [1.165, 1.54) is 32.2 Å². The molecule has 6 heteroatoms. The molecular weight excluding hydrogens is 278 g/mol. The lowest BCUT2D eigenvalue weighted by Crippen LogP contribution is -2.16. The summed E-state index contributed by atoms with van der Waals surface area (Å²) >= 11 is 0. The number of hydrogen-bond donors (Lipinski definition) is 2. The molecule has 2 aromatic rings. The summed E-state index contributed by atoms with van der Waals surface area (Å²) in [5, 5.41) is 2.21. The molecule has 21 heavy (non-hydrogen) atoms. The minimum atomic E-state index is -0.852. The van der Waals surface area contributed by atoms with Crippen LogP contribution < -0.4 is 15.8 Å². The molecule has 2 rings (SSSR count). The van der Waals surface area contributed by atoms with E-state index in [9.17, 15) is 13.6 Å². The number of carbonyl (C=O) groups excluding carboxylic acids is 1. The van der Waals surface area contributed by atoms with Crippen LogP contribution in [0.5, 0.6) is 5.75 Å². The second-order valence-electron chi connectivity index (χ2n) is 4.47. The van der Waals surface area contributed by atoms with Gasteiger partial charge in [0.2, 0.25) is 0 Å². The molecule has 0 aliphatic rings. The Balaban J connectivity index is 2.39. The largest absolute Gasteiger partial charge is 0.496 e. The van der Waals surface area contributed by atoms with E-state index in [0.29, 0.717) is 5.69 Å². The second-order valence-corrected chi connectivity index (χ2v) is 4.47. The Morgan fingerprint density at radius 2 is 1.95 bits per heavy atom. The molecular formula is C15H14F2N2O2. The maximum atomic E-state index is 13.9. The standard InChI is InChI=1S/C15H14F2N2O2/c1-8-3-5-11(16)14(13(8)17)19-15(20)10-7-9(18)4-6-12(10)21-2/h3-7H,18H2,1-2H3,(H,19,20). The predicted molar refractivity (Wildman–Crippen MR) is 76.5 cm³/mol. The number of carbonyl (C=O) groups is 1. The smallest absolute Gasteiger partial charge is 0.259 e. The number of nitrogen functional groups attached to an aromatic ring is 1. The first-order valence-corrected chi connectivity index (χ1v) is 6.13. The van der Waals surface area contributed by atoms with Crippen molar-refractivity contribution in [1.82, 2.24) is 0 Å². The minimum absolute atomic E-state index is 0.0952. The number of methoxy groups -OCH3 is 1. The quantitative estimate of drug-likeness (QED) is 0.854. The highest BCUT2D eigenvalue weighted by atomic mass is 19.1. The van der Waals surface area contributed by atoms with Crippen molar-refractivity contribution < 1.29 is 18.3 Å². The van der Waals surface area contributed by atoms with Crippen LogP contribution in [0, 0.1) is 18.6 Å².